The number of hydrogen-bond acceptors (Lipinski definition) is 2. The molecule has 0 radical (unpaired) electrons. The molecule has 2 nitrogen and oxygen atoms in total. The van der Waals surface area contributed by atoms with Gasteiger partial charge in [-0.15, -0.1) is 0 Å². The van der Waals surface area contributed by atoms with E-state index in [4.69, 9.17) is 0 Å². The van der Waals surface area contributed by atoms with Gasteiger partial charge in [-0.2, -0.15) is 0 Å². The van der Waals surface area contributed by atoms with E-state index in [0.717, 1.165) is 18.9 Å². The van der Waals surface area contributed by atoms with E-state index in [-0.39, 0.29) is 0 Å². The average Bonchev–Trinajstić information content (AvgIpc) is 2.02. The molecule has 0 aliphatic carbocycles. The molecule has 0 spiro atoms. The maximum Gasteiger partial charge on any atom is 0.109 e. The summed E-state index contributed by atoms with van der Waals surface area (Å²) in [5.41, 5.74) is 0. The molecular formula is C8H14N2. The van der Waals surface area contributed by atoms with Crippen molar-refractivity contribution in [3.05, 3.63) is 0 Å². The number of aliphatic imine (C=N–C) groups is 2. The topological polar surface area (TPSA) is 24.7 Å². The lowest BCUT2D eigenvalue weighted by Crippen LogP contribution is -1.95. The minimum Gasteiger partial charge on any atom is -0.274 e. The Morgan fingerprint density at radius 1 is 1.50 bits per heavy atom. The van der Waals surface area contributed by atoms with E-state index in [1.165, 1.54) is 12.8 Å². The summed E-state index contributed by atoms with van der Waals surface area (Å²) in [7, 11) is 0. The Kier molecular flexibility index (Phi) is 3.13. The van der Waals surface area contributed by atoms with Crippen LogP contribution in [-0.4, -0.2) is 19.1 Å². The van der Waals surface area contributed by atoms with E-state index >= 15 is 0 Å². The molecule has 0 N–H and O–H groups in total. The molecule has 0 amide bonds. The van der Waals surface area contributed by atoms with E-state index in [1.54, 1.807) is 6.34 Å². The minimum absolute atomic E-state index is 0.783. The fourth-order valence-electron chi connectivity index (χ4n) is 1.04. The first-order valence-electron chi connectivity index (χ1n) is 3.89. The van der Waals surface area contributed by atoms with Crippen LogP contribution in [0.3, 0.4) is 0 Å². The van der Waals surface area contributed by atoms with E-state index in [0.29, 0.717) is 0 Å². The van der Waals surface area contributed by atoms with Gasteiger partial charge in [0.1, 0.15) is 6.34 Å². The zero-order valence-electron chi connectivity index (χ0n) is 6.45. The van der Waals surface area contributed by atoms with Crippen molar-refractivity contribution in [2.75, 3.05) is 6.54 Å². The van der Waals surface area contributed by atoms with Gasteiger partial charge in [0, 0.05) is 12.8 Å². The van der Waals surface area contributed by atoms with Gasteiger partial charge in [0.15, 0.2) is 0 Å². The smallest absolute Gasteiger partial charge is 0.109 e. The summed E-state index contributed by atoms with van der Waals surface area (Å²) in [5, 5.41) is 0. The number of hydrogen-bond donors (Lipinski definition) is 0. The van der Waals surface area contributed by atoms with Crippen LogP contribution in [-0.2, 0) is 0 Å². The standard InChI is InChI=1S/C8H14N2/c1-8-3-2-5-9-7-10-6-4-8/h6-8H,2-5H2,1H3. The molecular weight excluding hydrogens is 124 g/mol. The second kappa shape index (κ2) is 4.20. The normalized spacial score (nSPS) is 27.1. The van der Waals surface area contributed by atoms with Gasteiger partial charge < -0.3 is 0 Å². The van der Waals surface area contributed by atoms with Crippen LogP contribution in [0, 0.1) is 5.92 Å². The van der Waals surface area contributed by atoms with Gasteiger partial charge in [0.2, 0.25) is 0 Å². The van der Waals surface area contributed by atoms with E-state index < -0.39 is 0 Å². The Labute approximate surface area is 62.1 Å². The molecule has 10 heavy (non-hydrogen) atoms. The largest absolute Gasteiger partial charge is 0.274 e. The molecule has 0 aromatic heterocycles. The molecule has 0 bridgehead atoms. The predicted molar refractivity (Wildman–Crippen MR) is 44.9 cm³/mol. The SMILES string of the molecule is CC1CC=NC=NCCC1. The van der Waals surface area contributed by atoms with Crippen molar-refractivity contribution in [3.63, 3.8) is 0 Å². The van der Waals surface area contributed by atoms with Crippen molar-refractivity contribution in [1.29, 1.82) is 0 Å². The first kappa shape index (κ1) is 7.45. The van der Waals surface area contributed by atoms with Crippen LogP contribution in [0.25, 0.3) is 0 Å². The van der Waals surface area contributed by atoms with Crippen LogP contribution < -0.4 is 0 Å². The van der Waals surface area contributed by atoms with Crippen LogP contribution in [0.2, 0.25) is 0 Å². The van der Waals surface area contributed by atoms with Crippen molar-refractivity contribution in [2.24, 2.45) is 15.9 Å². The fourth-order valence-corrected chi connectivity index (χ4v) is 1.04. The lowest BCUT2D eigenvalue weighted by atomic mass is 10.0. The van der Waals surface area contributed by atoms with Gasteiger partial charge in [-0.05, 0) is 25.2 Å². The molecule has 0 saturated heterocycles. The van der Waals surface area contributed by atoms with E-state index in [9.17, 15) is 0 Å². The van der Waals surface area contributed by atoms with Crippen molar-refractivity contribution >= 4 is 12.6 Å². The highest BCUT2D eigenvalue weighted by Crippen LogP contribution is 2.08. The summed E-state index contributed by atoms with van der Waals surface area (Å²) in [5.74, 6) is 0.783. The summed E-state index contributed by atoms with van der Waals surface area (Å²) in [6.07, 6.45) is 7.22. The lowest BCUT2D eigenvalue weighted by molar-refractivity contribution is 0.538. The van der Waals surface area contributed by atoms with Gasteiger partial charge in [0.25, 0.3) is 0 Å². The number of rotatable bonds is 0. The van der Waals surface area contributed by atoms with Crippen molar-refractivity contribution < 1.29 is 0 Å². The molecule has 1 atom stereocenters. The molecule has 1 unspecified atom stereocenters. The molecule has 1 aliphatic rings. The van der Waals surface area contributed by atoms with Crippen molar-refractivity contribution in [1.82, 2.24) is 0 Å². The Morgan fingerprint density at radius 3 is 3.30 bits per heavy atom. The maximum absolute atomic E-state index is 4.10. The van der Waals surface area contributed by atoms with Gasteiger partial charge >= 0.3 is 0 Å². The molecule has 0 saturated carbocycles. The molecule has 56 valence electrons. The summed E-state index contributed by atoms with van der Waals surface area (Å²) < 4.78 is 0. The van der Waals surface area contributed by atoms with Gasteiger partial charge in [-0.1, -0.05) is 6.92 Å². The zero-order chi connectivity index (χ0) is 7.23. The van der Waals surface area contributed by atoms with Crippen LogP contribution in [0.5, 0.6) is 0 Å². The molecule has 1 heterocycles. The second-order valence-corrected chi connectivity index (χ2v) is 2.84. The Hall–Kier alpha value is -0.660. The third kappa shape index (κ3) is 2.76. The molecule has 0 fully saturated rings. The van der Waals surface area contributed by atoms with Crippen LogP contribution in [0.1, 0.15) is 26.2 Å². The van der Waals surface area contributed by atoms with Crippen molar-refractivity contribution in [3.8, 4) is 0 Å². The van der Waals surface area contributed by atoms with Crippen LogP contribution in [0.15, 0.2) is 9.98 Å². The highest BCUT2D eigenvalue weighted by Gasteiger charge is 1.99. The van der Waals surface area contributed by atoms with Crippen LogP contribution >= 0.6 is 0 Å². The van der Waals surface area contributed by atoms with E-state index in [2.05, 4.69) is 16.9 Å². The Morgan fingerprint density at radius 2 is 2.40 bits per heavy atom. The van der Waals surface area contributed by atoms with Gasteiger partial charge in [0.05, 0.1) is 0 Å². The van der Waals surface area contributed by atoms with E-state index in [1.807, 2.05) is 6.21 Å². The highest BCUT2D eigenvalue weighted by molar-refractivity contribution is 5.72. The first-order valence-corrected chi connectivity index (χ1v) is 3.89. The molecule has 2 heteroatoms. The monoisotopic (exact) mass is 138 g/mol. The molecule has 0 aromatic rings. The fraction of sp³-hybridized carbons (Fsp3) is 0.750. The van der Waals surface area contributed by atoms with Crippen molar-refractivity contribution in [2.45, 2.75) is 26.2 Å². The Balaban J connectivity index is 2.37. The summed E-state index contributed by atoms with van der Waals surface area (Å²) in [4.78, 5) is 8.13. The average molecular weight is 138 g/mol. The summed E-state index contributed by atoms with van der Waals surface area (Å²) in [6, 6.07) is 0. The van der Waals surface area contributed by atoms with Crippen LogP contribution in [0.4, 0.5) is 0 Å². The predicted octanol–water partition coefficient (Wildman–Crippen LogP) is 1.91. The summed E-state index contributed by atoms with van der Waals surface area (Å²) in [6.45, 7) is 3.21. The number of nitrogens with zero attached hydrogens (tertiary/aromatic N) is 2. The second-order valence-electron chi connectivity index (χ2n) is 2.84. The lowest BCUT2D eigenvalue weighted by Gasteiger charge is -2.04. The Bertz CT molecular complexity index is 138. The minimum atomic E-state index is 0.783. The molecule has 1 aliphatic heterocycles. The highest BCUT2D eigenvalue weighted by atomic mass is 14.8. The third-order valence-corrected chi connectivity index (χ3v) is 1.75. The van der Waals surface area contributed by atoms with Gasteiger partial charge in [-0.25, -0.2) is 4.99 Å². The first-order chi connectivity index (χ1) is 4.89. The maximum atomic E-state index is 4.10. The third-order valence-electron chi connectivity index (χ3n) is 1.75. The molecule has 0 aromatic carbocycles. The van der Waals surface area contributed by atoms with Gasteiger partial charge in [-0.3, -0.25) is 4.99 Å². The molecule has 1 rings (SSSR count). The summed E-state index contributed by atoms with van der Waals surface area (Å²) >= 11 is 0. The zero-order valence-corrected chi connectivity index (χ0v) is 6.45. The quantitative estimate of drug-likeness (QED) is 0.488.